The van der Waals surface area contributed by atoms with Gasteiger partial charge in [-0.15, -0.1) is 0 Å². The van der Waals surface area contributed by atoms with Crippen molar-refractivity contribution in [3.8, 4) is 17.6 Å². The van der Waals surface area contributed by atoms with E-state index < -0.39 is 0 Å². The topological polar surface area (TPSA) is 42.2 Å². The highest BCUT2D eigenvalue weighted by molar-refractivity contribution is 9.10. The van der Waals surface area contributed by atoms with Crippen LogP contribution in [0.2, 0.25) is 0 Å². The number of rotatable bonds is 10. The van der Waals surface area contributed by atoms with Crippen LogP contribution in [0, 0.1) is 11.3 Å². The molecule has 0 spiro atoms. The van der Waals surface area contributed by atoms with Crippen molar-refractivity contribution in [2.24, 2.45) is 0 Å². The number of hydrogen-bond donors (Lipinski definition) is 0. The fourth-order valence-electron chi connectivity index (χ4n) is 2.30. The number of unbranched alkanes of at least 4 members (excludes halogenated alkanes) is 5. The van der Waals surface area contributed by atoms with Gasteiger partial charge in [-0.25, -0.2) is 0 Å². The standard InChI is InChI=1S/C19H26BrNO2/c1-4-5-6-7-8-9-10-23-19-17(20)12-16(11-15(2)14-21)13-18(19)22-3/h11-13H,4-10H2,1-3H3/b15-11-. The molecule has 0 saturated heterocycles. The molecule has 0 N–H and O–H groups in total. The summed E-state index contributed by atoms with van der Waals surface area (Å²) in [5.74, 6) is 1.41. The minimum Gasteiger partial charge on any atom is -0.493 e. The van der Waals surface area contributed by atoms with Gasteiger partial charge in [0.05, 0.1) is 24.3 Å². The molecule has 0 unspecified atom stereocenters. The number of allylic oxidation sites excluding steroid dienone is 1. The molecule has 0 aliphatic carbocycles. The van der Waals surface area contributed by atoms with E-state index in [4.69, 9.17) is 14.7 Å². The zero-order valence-corrected chi connectivity index (χ0v) is 15.9. The van der Waals surface area contributed by atoms with Crippen LogP contribution in [0.3, 0.4) is 0 Å². The normalized spacial score (nSPS) is 11.2. The smallest absolute Gasteiger partial charge is 0.175 e. The fourth-order valence-corrected chi connectivity index (χ4v) is 2.88. The van der Waals surface area contributed by atoms with Gasteiger partial charge in [0, 0.05) is 5.57 Å². The molecule has 0 aliphatic rings. The Morgan fingerprint density at radius 1 is 1.22 bits per heavy atom. The molecule has 3 nitrogen and oxygen atoms in total. The van der Waals surface area contributed by atoms with E-state index in [1.165, 1.54) is 32.1 Å². The molecule has 0 aliphatic heterocycles. The van der Waals surface area contributed by atoms with Crippen molar-refractivity contribution < 1.29 is 9.47 Å². The monoisotopic (exact) mass is 379 g/mol. The first-order chi connectivity index (χ1) is 11.1. The summed E-state index contributed by atoms with van der Waals surface area (Å²) in [7, 11) is 1.63. The molecule has 0 radical (unpaired) electrons. The van der Waals surface area contributed by atoms with Gasteiger partial charge in [0.1, 0.15) is 0 Å². The number of nitrogens with zero attached hydrogens (tertiary/aromatic N) is 1. The average Bonchev–Trinajstić information content (AvgIpc) is 2.55. The van der Waals surface area contributed by atoms with Gasteiger partial charge in [-0.2, -0.15) is 5.26 Å². The number of nitriles is 1. The summed E-state index contributed by atoms with van der Waals surface area (Å²) in [6, 6.07) is 5.96. The Morgan fingerprint density at radius 2 is 1.91 bits per heavy atom. The van der Waals surface area contributed by atoms with E-state index >= 15 is 0 Å². The molecule has 126 valence electrons. The maximum atomic E-state index is 8.88. The molecule has 0 atom stereocenters. The summed E-state index contributed by atoms with van der Waals surface area (Å²) >= 11 is 3.54. The van der Waals surface area contributed by atoms with Crippen molar-refractivity contribution in [2.75, 3.05) is 13.7 Å². The first-order valence-electron chi connectivity index (χ1n) is 8.21. The Bertz CT molecular complexity index is 561. The van der Waals surface area contributed by atoms with Gasteiger partial charge in [-0.1, -0.05) is 39.0 Å². The molecule has 0 aromatic heterocycles. The van der Waals surface area contributed by atoms with Gasteiger partial charge in [-0.3, -0.25) is 0 Å². The van der Waals surface area contributed by atoms with Gasteiger partial charge in [-0.05, 0) is 53.0 Å². The summed E-state index contributed by atoms with van der Waals surface area (Å²) in [5.41, 5.74) is 1.57. The Kier molecular flexibility index (Phi) is 9.47. The quantitative estimate of drug-likeness (QED) is 0.363. The summed E-state index contributed by atoms with van der Waals surface area (Å²) in [6.45, 7) is 4.70. The molecule has 0 saturated carbocycles. The summed E-state index contributed by atoms with van der Waals surface area (Å²) < 4.78 is 12.2. The van der Waals surface area contributed by atoms with Gasteiger partial charge in [0.15, 0.2) is 11.5 Å². The van der Waals surface area contributed by atoms with E-state index in [-0.39, 0.29) is 0 Å². The van der Waals surface area contributed by atoms with Crippen LogP contribution in [0.15, 0.2) is 22.2 Å². The Labute approximate surface area is 148 Å². The second kappa shape index (κ2) is 11.1. The molecule has 0 amide bonds. The van der Waals surface area contributed by atoms with E-state index in [9.17, 15) is 0 Å². The molecular weight excluding hydrogens is 354 g/mol. The number of hydrogen-bond acceptors (Lipinski definition) is 3. The average molecular weight is 380 g/mol. The second-order valence-corrected chi connectivity index (χ2v) is 6.44. The largest absolute Gasteiger partial charge is 0.493 e. The molecule has 23 heavy (non-hydrogen) atoms. The van der Waals surface area contributed by atoms with Gasteiger partial charge in [0.25, 0.3) is 0 Å². The third-order valence-electron chi connectivity index (χ3n) is 3.56. The zero-order valence-electron chi connectivity index (χ0n) is 14.3. The SMILES string of the molecule is CCCCCCCCOc1c(Br)cc(/C=C(/C)C#N)cc1OC. The lowest BCUT2D eigenvalue weighted by atomic mass is 10.1. The first kappa shape index (κ1) is 19.6. The van der Waals surface area contributed by atoms with Crippen LogP contribution in [0.1, 0.15) is 57.9 Å². The van der Waals surface area contributed by atoms with Gasteiger partial charge >= 0.3 is 0 Å². The molecule has 0 heterocycles. The Hall–Kier alpha value is -1.47. The molecular formula is C19H26BrNO2. The highest BCUT2D eigenvalue weighted by atomic mass is 79.9. The second-order valence-electron chi connectivity index (χ2n) is 5.59. The minimum atomic E-state index is 0.653. The maximum Gasteiger partial charge on any atom is 0.175 e. The van der Waals surface area contributed by atoms with Crippen molar-refractivity contribution in [3.05, 3.63) is 27.7 Å². The van der Waals surface area contributed by atoms with Crippen molar-refractivity contribution in [3.63, 3.8) is 0 Å². The maximum absolute atomic E-state index is 8.88. The lowest BCUT2D eigenvalue weighted by molar-refractivity contribution is 0.283. The van der Waals surface area contributed by atoms with Gasteiger partial charge < -0.3 is 9.47 Å². The highest BCUT2D eigenvalue weighted by Gasteiger charge is 2.11. The number of ether oxygens (including phenoxy) is 2. The third-order valence-corrected chi connectivity index (χ3v) is 4.14. The molecule has 0 bridgehead atoms. The lowest BCUT2D eigenvalue weighted by Gasteiger charge is -2.13. The van der Waals surface area contributed by atoms with Crippen LogP contribution in [-0.2, 0) is 0 Å². The van der Waals surface area contributed by atoms with Crippen LogP contribution < -0.4 is 9.47 Å². The fraction of sp³-hybridized carbons (Fsp3) is 0.526. The van der Waals surface area contributed by atoms with Crippen LogP contribution in [-0.4, -0.2) is 13.7 Å². The Morgan fingerprint density at radius 3 is 2.57 bits per heavy atom. The van der Waals surface area contributed by atoms with Crippen molar-refractivity contribution in [1.29, 1.82) is 5.26 Å². The van der Waals surface area contributed by atoms with Crippen molar-refractivity contribution in [1.82, 2.24) is 0 Å². The van der Waals surface area contributed by atoms with Gasteiger partial charge in [0.2, 0.25) is 0 Å². The van der Waals surface area contributed by atoms with E-state index in [1.54, 1.807) is 14.0 Å². The predicted octanol–water partition coefficient (Wildman–Crippen LogP) is 6.12. The summed E-state index contributed by atoms with van der Waals surface area (Å²) in [5, 5.41) is 8.88. The number of halogens is 1. The highest BCUT2D eigenvalue weighted by Crippen LogP contribution is 2.37. The zero-order chi connectivity index (χ0) is 17.1. The lowest BCUT2D eigenvalue weighted by Crippen LogP contribution is -2.00. The van der Waals surface area contributed by atoms with E-state index in [0.717, 1.165) is 22.2 Å². The number of benzene rings is 1. The molecule has 1 rings (SSSR count). The number of methoxy groups -OCH3 is 1. The summed E-state index contributed by atoms with van der Waals surface area (Å²) in [4.78, 5) is 0. The summed E-state index contributed by atoms with van der Waals surface area (Å²) in [6.07, 6.45) is 9.24. The molecule has 1 aromatic carbocycles. The van der Waals surface area contributed by atoms with E-state index in [1.807, 2.05) is 18.2 Å². The molecule has 1 aromatic rings. The molecule has 4 heteroatoms. The van der Waals surface area contributed by atoms with Crippen LogP contribution >= 0.6 is 15.9 Å². The first-order valence-corrected chi connectivity index (χ1v) is 9.00. The van der Waals surface area contributed by atoms with Crippen LogP contribution in [0.25, 0.3) is 6.08 Å². The minimum absolute atomic E-state index is 0.653. The van der Waals surface area contributed by atoms with E-state index in [2.05, 4.69) is 28.9 Å². The third kappa shape index (κ3) is 7.09. The van der Waals surface area contributed by atoms with E-state index in [0.29, 0.717) is 17.9 Å². The van der Waals surface area contributed by atoms with Crippen LogP contribution in [0.4, 0.5) is 0 Å². The van der Waals surface area contributed by atoms with Crippen molar-refractivity contribution in [2.45, 2.75) is 52.4 Å². The predicted molar refractivity (Wildman–Crippen MR) is 98.8 cm³/mol. The molecule has 0 fully saturated rings. The van der Waals surface area contributed by atoms with Crippen LogP contribution in [0.5, 0.6) is 11.5 Å². The van der Waals surface area contributed by atoms with Crippen molar-refractivity contribution >= 4 is 22.0 Å². The Balaban J connectivity index is 2.63.